The van der Waals surface area contributed by atoms with Gasteiger partial charge >= 0.3 is 0 Å². The van der Waals surface area contributed by atoms with Crippen molar-refractivity contribution in [1.29, 1.82) is 0 Å². The summed E-state index contributed by atoms with van der Waals surface area (Å²) in [6.45, 7) is 2.76. The van der Waals surface area contributed by atoms with Crippen molar-refractivity contribution in [1.82, 2.24) is 0 Å². The van der Waals surface area contributed by atoms with Gasteiger partial charge in [-0.1, -0.05) is 19.1 Å². The van der Waals surface area contributed by atoms with Gasteiger partial charge in [0.05, 0.1) is 10.4 Å². The predicted molar refractivity (Wildman–Crippen MR) is 86.0 cm³/mol. The van der Waals surface area contributed by atoms with Crippen LogP contribution in [0.4, 0.5) is 0 Å². The summed E-state index contributed by atoms with van der Waals surface area (Å²) in [5, 5.41) is 10.4. The van der Waals surface area contributed by atoms with E-state index in [0.29, 0.717) is 6.61 Å². The molecule has 102 valence electrons. The van der Waals surface area contributed by atoms with E-state index in [4.69, 9.17) is 4.74 Å². The summed E-state index contributed by atoms with van der Waals surface area (Å²) < 4.78 is 7.53. The lowest BCUT2D eigenvalue weighted by molar-refractivity contribution is 0.223. The lowest BCUT2D eigenvalue weighted by Crippen LogP contribution is -1.99. The summed E-state index contributed by atoms with van der Waals surface area (Å²) in [5.74, 6) is 0.799. The molecule has 0 bridgehead atoms. The van der Waals surface area contributed by atoms with E-state index in [-0.39, 0.29) is 0 Å². The maximum absolute atomic E-state index is 10.4. The second-order valence-electron chi connectivity index (χ2n) is 4.09. The molecule has 0 amide bonds. The Labute approximate surface area is 133 Å². The van der Waals surface area contributed by atoms with Gasteiger partial charge in [0, 0.05) is 9.35 Å². The molecule has 1 heterocycles. The van der Waals surface area contributed by atoms with Crippen LogP contribution in [-0.4, -0.2) is 11.7 Å². The minimum atomic E-state index is -0.627. The Morgan fingerprint density at radius 2 is 2.11 bits per heavy atom. The van der Waals surface area contributed by atoms with Crippen molar-refractivity contribution >= 4 is 43.2 Å². The number of aliphatic hydroxyl groups is 1. The Morgan fingerprint density at radius 3 is 2.74 bits per heavy atom. The molecular weight excluding hydrogens is 392 g/mol. The van der Waals surface area contributed by atoms with Gasteiger partial charge in [0.2, 0.25) is 0 Å². The summed E-state index contributed by atoms with van der Waals surface area (Å²) >= 11 is 8.39. The Morgan fingerprint density at radius 1 is 1.32 bits per heavy atom. The first-order chi connectivity index (χ1) is 9.11. The Kier molecular flexibility index (Phi) is 5.45. The summed E-state index contributed by atoms with van der Waals surface area (Å²) in [4.78, 5) is 0.895. The zero-order valence-corrected chi connectivity index (χ0v) is 14.4. The predicted octanol–water partition coefficient (Wildman–Crippen LogP) is 5.14. The average molecular weight is 406 g/mol. The van der Waals surface area contributed by atoms with Gasteiger partial charge < -0.3 is 9.84 Å². The van der Waals surface area contributed by atoms with Crippen LogP contribution in [0.25, 0.3) is 0 Å². The monoisotopic (exact) mass is 404 g/mol. The fourth-order valence-electron chi connectivity index (χ4n) is 1.66. The fraction of sp³-hybridized carbons (Fsp3) is 0.286. The molecule has 1 unspecified atom stereocenters. The van der Waals surface area contributed by atoms with Crippen LogP contribution in [0, 0.1) is 0 Å². The van der Waals surface area contributed by atoms with Crippen LogP contribution in [-0.2, 0) is 0 Å². The molecule has 0 aliphatic heterocycles. The molecule has 1 aromatic heterocycles. The van der Waals surface area contributed by atoms with Crippen molar-refractivity contribution in [3.63, 3.8) is 0 Å². The zero-order valence-electron chi connectivity index (χ0n) is 10.4. The minimum absolute atomic E-state index is 0.627. The highest BCUT2D eigenvalue weighted by atomic mass is 79.9. The molecular formula is C14H14Br2O2S. The molecule has 0 fully saturated rings. The Hall–Kier alpha value is -0.360. The van der Waals surface area contributed by atoms with E-state index >= 15 is 0 Å². The number of thiophene rings is 1. The lowest BCUT2D eigenvalue weighted by Gasteiger charge is -2.11. The molecule has 1 aromatic carbocycles. The first-order valence-electron chi connectivity index (χ1n) is 5.97. The van der Waals surface area contributed by atoms with E-state index in [9.17, 15) is 5.11 Å². The largest absolute Gasteiger partial charge is 0.494 e. The topological polar surface area (TPSA) is 29.5 Å². The van der Waals surface area contributed by atoms with Gasteiger partial charge in [0.25, 0.3) is 0 Å². The Bertz CT molecular complexity index is 535. The SMILES string of the molecule is CCCOc1cccc(C(O)c2cc(Br)c(Br)s2)c1. The van der Waals surface area contributed by atoms with Crippen molar-refractivity contribution in [2.45, 2.75) is 19.4 Å². The van der Waals surface area contributed by atoms with Gasteiger partial charge in [0.15, 0.2) is 0 Å². The molecule has 0 radical (unpaired) electrons. The van der Waals surface area contributed by atoms with E-state index in [1.54, 1.807) is 0 Å². The highest BCUT2D eigenvalue weighted by Crippen LogP contribution is 2.37. The maximum atomic E-state index is 10.4. The molecule has 0 aliphatic carbocycles. The normalized spacial score (nSPS) is 12.4. The van der Waals surface area contributed by atoms with Gasteiger partial charge in [-0.15, -0.1) is 11.3 Å². The molecule has 0 aliphatic rings. The molecule has 2 nitrogen and oxygen atoms in total. The third kappa shape index (κ3) is 3.81. The summed E-state index contributed by atoms with van der Waals surface area (Å²) in [6, 6.07) is 9.54. The number of hydrogen-bond acceptors (Lipinski definition) is 3. The van der Waals surface area contributed by atoms with Gasteiger partial charge in [-0.3, -0.25) is 0 Å². The standard InChI is InChI=1S/C14H14Br2O2S/c1-2-6-18-10-5-3-4-9(7-10)13(17)12-8-11(15)14(16)19-12/h3-5,7-8,13,17H,2,6H2,1H3. The van der Waals surface area contributed by atoms with Gasteiger partial charge in [0.1, 0.15) is 11.9 Å². The molecule has 1 atom stereocenters. The quantitative estimate of drug-likeness (QED) is 0.745. The van der Waals surface area contributed by atoms with E-state index in [2.05, 4.69) is 38.8 Å². The number of ether oxygens (including phenoxy) is 1. The molecule has 5 heteroatoms. The van der Waals surface area contributed by atoms with Gasteiger partial charge in [-0.05, 0) is 62.0 Å². The van der Waals surface area contributed by atoms with Crippen LogP contribution in [0.3, 0.4) is 0 Å². The second kappa shape index (κ2) is 6.88. The van der Waals surface area contributed by atoms with Crippen LogP contribution in [0.5, 0.6) is 5.75 Å². The summed E-state index contributed by atoms with van der Waals surface area (Å²) in [6.07, 6.45) is 0.343. The lowest BCUT2D eigenvalue weighted by atomic mass is 10.1. The number of aliphatic hydroxyl groups excluding tert-OH is 1. The van der Waals surface area contributed by atoms with E-state index < -0.39 is 6.10 Å². The molecule has 0 spiro atoms. The number of halogens is 2. The molecule has 19 heavy (non-hydrogen) atoms. The van der Waals surface area contributed by atoms with Crippen molar-refractivity contribution < 1.29 is 9.84 Å². The smallest absolute Gasteiger partial charge is 0.119 e. The number of rotatable bonds is 5. The Balaban J connectivity index is 2.20. The number of benzene rings is 1. The summed E-state index contributed by atoms with van der Waals surface area (Å²) in [5.41, 5.74) is 0.842. The summed E-state index contributed by atoms with van der Waals surface area (Å²) in [7, 11) is 0. The van der Waals surface area contributed by atoms with Gasteiger partial charge in [-0.25, -0.2) is 0 Å². The van der Waals surface area contributed by atoms with Crippen LogP contribution < -0.4 is 4.74 Å². The third-order valence-electron chi connectivity index (χ3n) is 2.58. The van der Waals surface area contributed by atoms with Crippen LogP contribution in [0.2, 0.25) is 0 Å². The first kappa shape index (κ1) is 15.0. The van der Waals surface area contributed by atoms with Crippen LogP contribution in [0.15, 0.2) is 38.6 Å². The second-order valence-corrected chi connectivity index (χ2v) is 7.35. The average Bonchev–Trinajstić information content (AvgIpc) is 2.76. The zero-order chi connectivity index (χ0) is 13.8. The van der Waals surface area contributed by atoms with Crippen LogP contribution >= 0.6 is 43.2 Å². The van der Waals surface area contributed by atoms with E-state index in [1.807, 2.05) is 30.3 Å². The molecule has 2 aromatic rings. The third-order valence-corrected chi connectivity index (χ3v) is 5.89. The van der Waals surface area contributed by atoms with Gasteiger partial charge in [-0.2, -0.15) is 0 Å². The number of hydrogen-bond donors (Lipinski definition) is 1. The molecule has 0 saturated carbocycles. The van der Waals surface area contributed by atoms with Crippen molar-refractivity contribution in [3.05, 3.63) is 49.0 Å². The first-order valence-corrected chi connectivity index (χ1v) is 8.37. The maximum Gasteiger partial charge on any atom is 0.119 e. The van der Waals surface area contributed by atoms with E-state index in [0.717, 1.165) is 30.9 Å². The minimum Gasteiger partial charge on any atom is -0.494 e. The molecule has 2 rings (SSSR count). The van der Waals surface area contributed by atoms with Crippen molar-refractivity contribution in [3.8, 4) is 5.75 Å². The molecule has 1 N–H and O–H groups in total. The van der Waals surface area contributed by atoms with Crippen LogP contribution in [0.1, 0.15) is 29.9 Å². The molecule has 0 saturated heterocycles. The highest BCUT2D eigenvalue weighted by Gasteiger charge is 2.15. The van der Waals surface area contributed by atoms with E-state index in [1.165, 1.54) is 11.3 Å². The highest BCUT2D eigenvalue weighted by molar-refractivity contribution is 9.13. The van der Waals surface area contributed by atoms with Crippen molar-refractivity contribution in [2.24, 2.45) is 0 Å². The van der Waals surface area contributed by atoms with Crippen molar-refractivity contribution in [2.75, 3.05) is 6.61 Å². The fourth-order valence-corrected chi connectivity index (χ4v) is 3.76.